The highest BCUT2D eigenvalue weighted by Crippen LogP contribution is 2.38. The van der Waals surface area contributed by atoms with E-state index in [9.17, 15) is 26.4 Å². The molecule has 2 aromatic rings. The van der Waals surface area contributed by atoms with Crippen LogP contribution in [-0.2, 0) is 10.0 Å². The smallest absolute Gasteiger partial charge is 0.414 e. The normalized spacial score (nSPS) is 16.6. The number of ether oxygens (including phenoxy) is 1. The van der Waals surface area contributed by atoms with E-state index in [0.717, 1.165) is 24.4 Å². The maximum atomic E-state index is 13.2. The van der Waals surface area contributed by atoms with Crippen LogP contribution in [0.2, 0.25) is 5.02 Å². The number of nitrogen functional groups attached to an aromatic ring is 1. The largest absolute Gasteiger partial charge is 0.496 e. The molecule has 1 unspecified atom stereocenters. The fourth-order valence-corrected chi connectivity index (χ4v) is 4.83. The SMILES string of the molecule is COc1cccc(N)c1C(=O)c1ncc(Cl)cc1NS(=O)(=O)C1C=CC(Cl)=C(C(F)(F)F)C1. The van der Waals surface area contributed by atoms with Gasteiger partial charge in [-0.1, -0.05) is 35.3 Å². The number of carbonyl (C=O) groups excluding carboxylic acids is 1. The minimum atomic E-state index is -4.81. The lowest BCUT2D eigenvalue weighted by molar-refractivity contribution is -0.0942. The van der Waals surface area contributed by atoms with Gasteiger partial charge in [-0.05, 0) is 24.3 Å². The number of benzene rings is 1. The number of nitrogens with two attached hydrogens (primary N) is 1. The molecule has 13 heteroatoms. The molecule has 7 nitrogen and oxygen atoms in total. The Labute approximate surface area is 197 Å². The molecule has 0 saturated heterocycles. The van der Waals surface area contributed by atoms with Gasteiger partial charge in [-0.3, -0.25) is 9.52 Å². The quantitative estimate of drug-likeness (QED) is 0.421. The van der Waals surface area contributed by atoms with E-state index in [1.807, 2.05) is 0 Å². The zero-order valence-corrected chi connectivity index (χ0v) is 19.1. The van der Waals surface area contributed by atoms with Crippen molar-refractivity contribution in [2.24, 2.45) is 0 Å². The summed E-state index contributed by atoms with van der Waals surface area (Å²) >= 11 is 11.5. The van der Waals surface area contributed by atoms with Crippen LogP contribution in [0.5, 0.6) is 5.75 Å². The van der Waals surface area contributed by atoms with Crippen LogP contribution in [0, 0.1) is 0 Å². The van der Waals surface area contributed by atoms with Crippen molar-refractivity contribution in [3.8, 4) is 5.75 Å². The van der Waals surface area contributed by atoms with Crippen molar-refractivity contribution in [1.82, 2.24) is 4.98 Å². The highest BCUT2D eigenvalue weighted by atomic mass is 35.5. The molecule has 1 aliphatic rings. The number of aromatic nitrogens is 1. The first-order valence-corrected chi connectivity index (χ1v) is 11.4. The van der Waals surface area contributed by atoms with Crippen molar-refractivity contribution in [3.05, 3.63) is 69.5 Å². The topological polar surface area (TPSA) is 111 Å². The van der Waals surface area contributed by atoms with E-state index in [0.29, 0.717) is 0 Å². The maximum Gasteiger partial charge on any atom is 0.414 e. The molecule has 0 radical (unpaired) electrons. The molecule has 3 N–H and O–H groups in total. The van der Waals surface area contributed by atoms with Crippen LogP contribution in [0.1, 0.15) is 22.5 Å². The van der Waals surface area contributed by atoms with Gasteiger partial charge < -0.3 is 10.5 Å². The number of methoxy groups -OCH3 is 1. The van der Waals surface area contributed by atoms with Crippen LogP contribution >= 0.6 is 23.2 Å². The second kappa shape index (κ2) is 9.24. The number of allylic oxidation sites excluding steroid dienone is 3. The number of hydrogen-bond acceptors (Lipinski definition) is 6. The molecule has 1 aromatic heterocycles. The zero-order chi connectivity index (χ0) is 24.6. The summed E-state index contributed by atoms with van der Waals surface area (Å²) in [6.45, 7) is 0. The molecule has 1 aliphatic carbocycles. The summed E-state index contributed by atoms with van der Waals surface area (Å²) in [6, 6.07) is 5.59. The summed E-state index contributed by atoms with van der Waals surface area (Å²) in [7, 11) is -3.16. The molecule has 33 heavy (non-hydrogen) atoms. The van der Waals surface area contributed by atoms with Crippen LogP contribution in [0.25, 0.3) is 0 Å². The molecule has 1 aromatic carbocycles. The third-order valence-corrected chi connectivity index (χ3v) is 6.90. The van der Waals surface area contributed by atoms with E-state index in [1.54, 1.807) is 6.07 Å². The van der Waals surface area contributed by atoms with Gasteiger partial charge in [0, 0.05) is 23.3 Å². The summed E-state index contributed by atoms with van der Waals surface area (Å²) in [5, 5.41) is -2.23. The third-order valence-electron chi connectivity index (χ3n) is 4.72. The number of ketones is 1. The fraction of sp³-hybridized carbons (Fsp3) is 0.200. The Kier molecular flexibility index (Phi) is 6.96. The zero-order valence-electron chi connectivity index (χ0n) is 16.8. The van der Waals surface area contributed by atoms with Gasteiger partial charge >= 0.3 is 6.18 Å². The highest BCUT2D eigenvalue weighted by Gasteiger charge is 2.41. The van der Waals surface area contributed by atoms with Crippen molar-refractivity contribution < 1.29 is 31.1 Å². The molecule has 3 rings (SSSR count). The monoisotopic (exact) mass is 521 g/mol. The van der Waals surface area contributed by atoms with Crippen molar-refractivity contribution in [3.63, 3.8) is 0 Å². The van der Waals surface area contributed by atoms with Crippen LogP contribution < -0.4 is 15.2 Å². The lowest BCUT2D eigenvalue weighted by Crippen LogP contribution is -2.31. The van der Waals surface area contributed by atoms with Crippen molar-refractivity contribution in [2.75, 3.05) is 17.6 Å². The average molecular weight is 522 g/mol. The number of nitrogens with zero attached hydrogens (tertiary/aromatic N) is 1. The second-order valence-corrected chi connectivity index (χ2v) is 9.62. The third kappa shape index (κ3) is 5.26. The second-order valence-electron chi connectivity index (χ2n) is 6.88. The van der Waals surface area contributed by atoms with E-state index in [4.69, 9.17) is 33.7 Å². The number of rotatable bonds is 6. The van der Waals surface area contributed by atoms with Gasteiger partial charge in [0.25, 0.3) is 0 Å². The number of carbonyl (C=O) groups is 1. The van der Waals surface area contributed by atoms with Gasteiger partial charge in [0.05, 0.1) is 29.0 Å². The van der Waals surface area contributed by atoms with Gasteiger partial charge in [0.15, 0.2) is 0 Å². The Hall–Kier alpha value is -2.76. The Balaban J connectivity index is 2.00. The molecular formula is C20H16Cl2F3N3O4S. The van der Waals surface area contributed by atoms with Crippen LogP contribution in [0.15, 0.2) is 53.2 Å². The number of hydrogen-bond donors (Lipinski definition) is 2. The predicted octanol–water partition coefficient (Wildman–Crippen LogP) is 4.68. The van der Waals surface area contributed by atoms with Crippen molar-refractivity contribution in [2.45, 2.75) is 17.8 Å². The van der Waals surface area contributed by atoms with E-state index < -0.39 is 44.3 Å². The summed E-state index contributed by atoms with van der Waals surface area (Å²) in [6.07, 6.45) is -2.71. The van der Waals surface area contributed by atoms with Crippen LogP contribution in [0.3, 0.4) is 0 Å². The van der Waals surface area contributed by atoms with Crippen molar-refractivity contribution in [1.29, 1.82) is 0 Å². The molecule has 0 amide bonds. The van der Waals surface area contributed by atoms with E-state index in [-0.39, 0.29) is 33.4 Å². The summed E-state index contributed by atoms with van der Waals surface area (Å²) in [5.74, 6) is -0.659. The Morgan fingerprint density at radius 2 is 2.00 bits per heavy atom. The Morgan fingerprint density at radius 3 is 2.64 bits per heavy atom. The van der Waals surface area contributed by atoms with E-state index >= 15 is 0 Å². The average Bonchev–Trinajstić information content (AvgIpc) is 2.72. The predicted molar refractivity (Wildman–Crippen MR) is 119 cm³/mol. The number of alkyl halides is 3. The molecule has 0 aliphatic heterocycles. The molecule has 0 fully saturated rings. The number of halogens is 5. The maximum absolute atomic E-state index is 13.2. The molecule has 0 spiro atoms. The number of pyridine rings is 1. The van der Waals surface area contributed by atoms with Crippen LogP contribution in [-0.4, -0.2) is 37.7 Å². The molecule has 0 bridgehead atoms. The van der Waals surface area contributed by atoms with Gasteiger partial charge in [-0.15, -0.1) is 0 Å². The van der Waals surface area contributed by atoms with Crippen molar-refractivity contribution >= 4 is 50.4 Å². The van der Waals surface area contributed by atoms with Gasteiger partial charge in [-0.25, -0.2) is 13.4 Å². The molecular weight excluding hydrogens is 506 g/mol. The number of sulfonamides is 1. The first-order chi connectivity index (χ1) is 15.3. The molecule has 176 valence electrons. The summed E-state index contributed by atoms with van der Waals surface area (Å²) < 4.78 is 72.8. The minimum Gasteiger partial charge on any atom is -0.496 e. The van der Waals surface area contributed by atoms with Crippen LogP contribution in [0.4, 0.5) is 24.5 Å². The standard InChI is InChI=1S/C20H16Cl2F3N3O4S/c1-32-16-4-2-3-14(26)17(16)19(29)18-15(7-10(21)9-27-18)28-33(30,31)11-5-6-13(22)12(8-11)20(23,24)25/h2-7,9,11,28H,8,26H2,1H3. The molecule has 1 atom stereocenters. The fourth-order valence-electron chi connectivity index (χ4n) is 3.13. The van der Waals surface area contributed by atoms with E-state index in [2.05, 4.69) is 9.71 Å². The van der Waals surface area contributed by atoms with Gasteiger partial charge in [0.1, 0.15) is 16.7 Å². The first kappa shape index (κ1) is 24.9. The Bertz CT molecular complexity index is 1280. The molecule has 1 heterocycles. The summed E-state index contributed by atoms with van der Waals surface area (Å²) in [5.41, 5.74) is 4.00. The summed E-state index contributed by atoms with van der Waals surface area (Å²) in [4.78, 5) is 17.1. The Morgan fingerprint density at radius 1 is 1.30 bits per heavy atom. The minimum absolute atomic E-state index is 0.0182. The molecule has 0 saturated carbocycles. The van der Waals surface area contributed by atoms with Gasteiger partial charge in [-0.2, -0.15) is 13.2 Å². The highest BCUT2D eigenvalue weighted by molar-refractivity contribution is 7.93. The number of anilines is 2. The lowest BCUT2D eigenvalue weighted by Gasteiger charge is -2.23. The van der Waals surface area contributed by atoms with E-state index in [1.165, 1.54) is 19.2 Å². The first-order valence-electron chi connectivity index (χ1n) is 9.13. The lowest BCUT2D eigenvalue weighted by atomic mass is 10.0. The van der Waals surface area contributed by atoms with Gasteiger partial charge in [0.2, 0.25) is 15.8 Å². The number of nitrogens with one attached hydrogen (secondary N) is 1.